The van der Waals surface area contributed by atoms with E-state index in [1.165, 1.54) is 7.11 Å². The number of para-hydroxylation sites is 2. The van der Waals surface area contributed by atoms with Crippen LogP contribution in [0.3, 0.4) is 0 Å². The first-order valence-corrected chi connectivity index (χ1v) is 9.81. The summed E-state index contributed by atoms with van der Waals surface area (Å²) in [5.74, 6) is -0.270. The summed E-state index contributed by atoms with van der Waals surface area (Å²) in [5.41, 5.74) is 2.13. The molecule has 0 spiro atoms. The highest BCUT2D eigenvalue weighted by molar-refractivity contribution is 5.91. The Hall–Kier alpha value is -3.55. The second-order valence-corrected chi connectivity index (χ2v) is 6.77. The summed E-state index contributed by atoms with van der Waals surface area (Å²) in [6.07, 6.45) is 0.996. The van der Waals surface area contributed by atoms with Gasteiger partial charge in [0.05, 0.1) is 18.1 Å². The number of nitrogens with zero attached hydrogens (tertiary/aromatic N) is 2. The number of ether oxygens (including phenoxy) is 2. The summed E-state index contributed by atoms with van der Waals surface area (Å²) in [6.45, 7) is 2.73. The minimum absolute atomic E-state index is 0.107. The maximum absolute atomic E-state index is 12.8. The third kappa shape index (κ3) is 4.89. The van der Waals surface area contributed by atoms with Crippen LogP contribution in [-0.4, -0.2) is 34.7 Å². The van der Waals surface area contributed by atoms with Gasteiger partial charge in [-0.15, -0.1) is 0 Å². The van der Waals surface area contributed by atoms with E-state index in [0.717, 1.165) is 17.5 Å². The zero-order valence-corrected chi connectivity index (χ0v) is 17.1. The number of carbonyl (C=O) groups is 2. The Bertz CT molecular complexity index is 1100. The number of benzene rings is 2. The predicted octanol–water partition coefficient (Wildman–Crippen LogP) is 2.79. The van der Waals surface area contributed by atoms with Crippen LogP contribution in [0.25, 0.3) is 11.0 Å². The Kier molecular flexibility index (Phi) is 6.90. The van der Waals surface area contributed by atoms with E-state index in [2.05, 4.69) is 10.1 Å². The summed E-state index contributed by atoms with van der Waals surface area (Å²) in [7, 11) is 1.29. The fourth-order valence-corrected chi connectivity index (χ4v) is 3.23. The lowest BCUT2D eigenvalue weighted by molar-refractivity contribution is -0.142. The van der Waals surface area contributed by atoms with Gasteiger partial charge in [-0.2, -0.15) is 0 Å². The molecule has 3 aromatic rings. The van der Waals surface area contributed by atoms with E-state index in [4.69, 9.17) is 4.74 Å². The van der Waals surface area contributed by atoms with Crippen LogP contribution in [0.1, 0.15) is 19.8 Å². The van der Waals surface area contributed by atoms with Crippen molar-refractivity contribution in [3.8, 4) is 5.75 Å². The number of aromatic nitrogens is 2. The largest absolute Gasteiger partial charge is 0.482 e. The molecule has 0 aliphatic rings. The number of rotatable bonds is 9. The van der Waals surface area contributed by atoms with E-state index in [1.807, 2.05) is 31.2 Å². The predicted molar refractivity (Wildman–Crippen MR) is 114 cm³/mol. The number of imidazole rings is 1. The third-order valence-electron chi connectivity index (χ3n) is 4.64. The first-order valence-electron chi connectivity index (χ1n) is 9.81. The normalized spacial score (nSPS) is 10.7. The lowest BCUT2D eigenvalue weighted by Gasteiger charge is -2.09. The van der Waals surface area contributed by atoms with Crippen molar-refractivity contribution in [2.75, 3.05) is 19.0 Å². The molecule has 1 amide bonds. The topological polar surface area (TPSA) is 91.6 Å². The van der Waals surface area contributed by atoms with Gasteiger partial charge in [0.25, 0.3) is 0 Å². The van der Waals surface area contributed by atoms with Crippen LogP contribution >= 0.6 is 0 Å². The number of amides is 1. The monoisotopic (exact) mass is 411 g/mol. The van der Waals surface area contributed by atoms with Crippen molar-refractivity contribution < 1.29 is 19.1 Å². The van der Waals surface area contributed by atoms with Crippen molar-refractivity contribution >= 4 is 28.6 Å². The molecule has 2 aromatic carbocycles. The lowest BCUT2D eigenvalue weighted by atomic mass is 10.2. The fraction of sp³-hybridized carbons (Fsp3) is 0.318. The Morgan fingerprint density at radius 2 is 1.70 bits per heavy atom. The quantitative estimate of drug-likeness (QED) is 0.547. The molecule has 0 unspecified atom stereocenters. The number of anilines is 1. The molecule has 0 saturated heterocycles. The van der Waals surface area contributed by atoms with Gasteiger partial charge >= 0.3 is 11.7 Å². The first-order chi connectivity index (χ1) is 14.5. The molecule has 0 fully saturated rings. The molecular formula is C22H25N3O5. The van der Waals surface area contributed by atoms with E-state index in [-0.39, 0.29) is 31.2 Å². The van der Waals surface area contributed by atoms with E-state index in [0.29, 0.717) is 18.0 Å². The number of aryl methyl sites for hydroxylation is 2. The number of hydrogen-bond donors (Lipinski definition) is 1. The third-order valence-corrected chi connectivity index (χ3v) is 4.64. The molecule has 0 saturated carbocycles. The molecule has 0 atom stereocenters. The average molecular weight is 411 g/mol. The van der Waals surface area contributed by atoms with Crippen LogP contribution in [0, 0.1) is 0 Å². The lowest BCUT2D eigenvalue weighted by Crippen LogP contribution is -2.26. The van der Waals surface area contributed by atoms with E-state index < -0.39 is 5.97 Å². The van der Waals surface area contributed by atoms with Gasteiger partial charge < -0.3 is 14.8 Å². The van der Waals surface area contributed by atoms with Gasteiger partial charge in [-0.1, -0.05) is 25.1 Å². The van der Waals surface area contributed by atoms with Crippen molar-refractivity contribution in [1.29, 1.82) is 0 Å². The molecule has 0 aliphatic carbocycles. The van der Waals surface area contributed by atoms with Crippen LogP contribution in [0.15, 0.2) is 53.3 Å². The van der Waals surface area contributed by atoms with E-state index in [9.17, 15) is 14.4 Å². The van der Waals surface area contributed by atoms with Gasteiger partial charge in [0.1, 0.15) is 5.75 Å². The standard InChI is InChI=1S/C22H25N3O5/c1-3-12-24-18-9-4-5-10-19(18)25(22(24)28)13-11-20(26)23-16-7-6-8-17(14-16)30-15-21(27)29-2/h4-10,14H,3,11-13,15H2,1-2H3,(H,23,26). The van der Waals surface area contributed by atoms with Crippen molar-refractivity contribution in [1.82, 2.24) is 9.13 Å². The second kappa shape index (κ2) is 9.78. The second-order valence-electron chi connectivity index (χ2n) is 6.77. The van der Waals surface area contributed by atoms with Gasteiger partial charge in [-0.25, -0.2) is 9.59 Å². The molecule has 3 rings (SSSR count). The Morgan fingerprint density at radius 1 is 1.00 bits per heavy atom. The number of nitrogens with one attached hydrogen (secondary N) is 1. The zero-order chi connectivity index (χ0) is 21.5. The summed E-state index contributed by atoms with van der Waals surface area (Å²) in [6, 6.07) is 14.3. The first kappa shape index (κ1) is 21.2. The number of hydrogen-bond acceptors (Lipinski definition) is 5. The molecule has 8 heteroatoms. The Labute approximate surface area is 174 Å². The van der Waals surface area contributed by atoms with Gasteiger partial charge in [0, 0.05) is 31.3 Å². The van der Waals surface area contributed by atoms with Crippen molar-refractivity contribution in [3.63, 3.8) is 0 Å². The molecule has 8 nitrogen and oxygen atoms in total. The van der Waals surface area contributed by atoms with Crippen molar-refractivity contribution in [2.24, 2.45) is 0 Å². The van der Waals surface area contributed by atoms with Gasteiger partial charge in [-0.3, -0.25) is 13.9 Å². The fourth-order valence-electron chi connectivity index (χ4n) is 3.23. The minimum atomic E-state index is -0.489. The SMILES string of the molecule is CCCn1c(=O)n(CCC(=O)Nc2cccc(OCC(=O)OC)c2)c2ccccc21. The van der Waals surface area contributed by atoms with Crippen molar-refractivity contribution in [2.45, 2.75) is 32.9 Å². The highest BCUT2D eigenvalue weighted by Gasteiger charge is 2.13. The zero-order valence-electron chi connectivity index (χ0n) is 17.1. The number of fused-ring (bicyclic) bond motifs is 1. The van der Waals surface area contributed by atoms with Gasteiger partial charge in [0.2, 0.25) is 5.91 Å². The summed E-state index contributed by atoms with van der Waals surface area (Å²) >= 11 is 0. The van der Waals surface area contributed by atoms with Crippen LogP contribution in [0.4, 0.5) is 5.69 Å². The summed E-state index contributed by atoms with van der Waals surface area (Å²) < 4.78 is 13.2. The Balaban J connectivity index is 1.66. The Morgan fingerprint density at radius 3 is 2.37 bits per heavy atom. The molecule has 0 bridgehead atoms. The smallest absolute Gasteiger partial charge is 0.343 e. The minimum Gasteiger partial charge on any atom is -0.482 e. The maximum Gasteiger partial charge on any atom is 0.343 e. The number of carbonyl (C=O) groups excluding carboxylic acids is 2. The molecule has 0 radical (unpaired) electrons. The van der Waals surface area contributed by atoms with Crippen LogP contribution in [0.2, 0.25) is 0 Å². The average Bonchev–Trinajstić information content (AvgIpc) is 3.02. The highest BCUT2D eigenvalue weighted by Crippen LogP contribution is 2.18. The van der Waals surface area contributed by atoms with Crippen molar-refractivity contribution in [3.05, 3.63) is 59.0 Å². The van der Waals surface area contributed by atoms with Crippen LogP contribution < -0.4 is 15.7 Å². The highest BCUT2D eigenvalue weighted by atomic mass is 16.6. The molecule has 1 N–H and O–H groups in total. The molecular weight excluding hydrogens is 386 g/mol. The van der Waals surface area contributed by atoms with Crippen LogP contribution in [0.5, 0.6) is 5.75 Å². The number of esters is 1. The number of methoxy groups -OCH3 is 1. The summed E-state index contributed by atoms with van der Waals surface area (Å²) in [4.78, 5) is 36.4. The van der Waals surface area contributed by atoms with Gasteiger partial charge in [0.15, 0.2) is 6.61 Å². The molecule has 0 aliphatic heterocycles. The molecule has 1 heterocycles. The molecule has 158 valence electrons. The van der Waals surface area contributed by atoms with E-state index >= 15 is 0 Å². The van der Waals surface area contributed by atoms with E-state index in [1.54, 1.807) is 33.4 Å². The maximum atomic E-state index is 12.8. The van der Waals surface area contributed by atoms with Gasteiger partial charge in [-0.05, 0) is 30.7 Å². The molecule has 1 aromatic heterocycles. The molecule has 30 heavy (non-hydrogen) atoms. The van der Waals surface area contributed by atoms with Crippen LogP contribution in [-0.2, 0) is 27.4 Å². The summed E-state index contributed by atoms with van der Waals surface area (Å²) in [5, 5.41) is 2.80.